The normalized spacial score (nSPS) is 16.1. The molecular formula is C6H9NO. The smallest absolute Gasteiger partial charge is 0.180 e. The lowest BCUT2D eigenvalue weighted by molar-refractivity contribution is 0.113. The summed E-state index contributed by atoms with van der Waals surface area (Å²) in [5.41, 5.74) is 3.58. The molecular weight excluding hydrogens is 102 g/mol. The molecule has 3 N–H and O–H groups in total. The van der Waals surface area contributed by atoms with Crippen molar-refractivity contribution in [3.63, 3.8) is 0 Å². The van der Waals surface area contributed by atoms with E-state index in [4.69, 9.17) is 17.3 Å². The highest BCUT2D eigenvalue weighted by molar-refractivity contribution is 5.05. The summed E-state index contributed by atoms with van der Waals surface area (Å²) in [6.07, 6.45) is 6.52. The van der Waals surface area contributed by atoms with Gasteiger partial charge >= 0.3 is 0 Å². The van der Waals surface area contributed by atoms with Crippen LogP contribution in [0.4, 0.5) is 0 Å². The quantitative estimate of drug-likeness (QED) is 0.295. The van der Waals surface area contributed by atoms with Gasteiger partial charge in [-0.15, -0.1) is 13.0 Å². The first-order chi connectivity index (χ1) is 3.62. The molecule has 0 radical (unpaired) electrons. The summed E-state index contributed by atoms with van der Waals surface area (Å²) in [5.74, 6) is 2.00. The van der Waals surface area contributed by atoms with Crippen molar-refractivity contribution in [3.05, 3.63) is 12.7 Å². The Kier molecular flexibility index (Phi) is 2.26. The van der Waals surface area contributed by atoms with Crippen molar-refractivity contribution in [1.82, 2.24) is 0 Å². The molecule has 0 aromatic rings. The molecule has 0 aliphatic heterocycles. The summed E-state index contributed by atoms with van der Waals surface area (Å²) in [7, 11) is 0. The largest absolute Gasteiger partial charge is 0.365 e. The number of rotatable bonds is 2. The Bertz CT molecular complexity index is 121. The van der Waals surface area contributed by atoms with Crippen LogP contribution < -0.4 is 5.73 Å². The Morgan fingerprint density at radius 3 is 2.62 bits per heavy atom. The maximum absolute atomic E-state index is 8.79. The SMILES string of the molecule is C#CC(N)(O)CC=C. The zero-order chi connectivity index (χ0) is 6.62. The highest BCUT2D eigenvalue weighted by atomic mass is 16.3. The molecule has 0 heterocycles. The lowest BCUT2D eigenvalue weighted by Crippen LogP contribution is -2.36. The third kappa shape index (κ3) is 2.40. The Labute approximate surface area is 49.0 Å². The molecule has 2 heteroatoms. The number of nitrogens with two attached hydrogens (primary N) is 1. The van der Waals surface area contributed by atoms with Crippen LogP contribution in [0.5, 0.6) is 0 Å². The van der Waals surface area contributed by atoms with Crippen LogP contribution in [0.25, 0.3) is 0 Å². The van der Waals surface area contributed by atoms with Crippen molar-refractivity contribution in [2.75, 3.05) is 0 Å². The van der Waals surface area contributed by atoms with Gasteiger partial charge in [0.2, 0.25) is 0 Å². The second kappa shape index (κ2) is 2.51. The van der Waals surface area contributed by atoms with Gasteiger partial charge in [0, 0.05) is 6.42 Å². The van der Waals surface area contributed by atoms with Crippen LogP contribution in [-0.2, 0) is 0 Å². The monoisotopic (exact) mass is 111 g/mol. The topological polar surface area (TPSA) is 46.2 Å². The molecule has 2 nitrogen and oxygen atoms in total. The summed E-state index contributed by atoms with van der Waals surface area (Å²) >= 11 is 0. The van der Waals surface area contributed by atoms with Crippen molar-refractivity contribution >= 4 is 0 Å². The van der Waals surface area contributed by atoms with Gasteiger partial charge in [-0.25, -0.2) is 0 Å². The zero-order valence-electron chi connectivity index (χ0n) is 4.59. The molecule has 44 valence electrons. The highest BCUT2D eigenvalue weighted by Gasteiger charge is 2.12. The average Bonchev–Trinajstić information content (AvgIpc) is 1.67. The van der Waals surface area contributed by atoms with Gasteiger partial charge in [0.05, 0.1) is 0 Å². The minimum atomic E-state index is -1.50. The molecule has 0 aliphatic rings. The number of hydrogen-bond acceptors (Lipinski definition) is 2. The van der Waals surface area contributed by atoms with E-state index < -0.39 is 5.72 Å². The van der Waals surface area contributed by atoms with E-state index in [0.29, 0.717) is 0 Å². The fourth-order valence-corrected chi connectivity index (χ4v) is 0.279. The Morgan fingerprint density at radius 2 is 2.50 bits per heavy atom. The minimum absolute atomic E-state index is 0.226. The van der Waals surface area contributed by atoms with Gasteiger partial charge < -0.3 is 5.11 Å². The molecule has 0 saturated heterocycles. The molecule has 0 aromatic heterocycles. The molecule has 0 aromatic carbocycles. The standard InChI is InChI=1S/C6H9NO/c1-3-5-6(7,8)4-2/h2-3,8H,1,5,7H2. The van der Waals surface area contributed by atoms with Gasteiger partial charge in [0.1, 0.15) is 0 Å². The van der Waals surface area contributed by atoms with E-state index in [2.05, 4.69) is 6.58 Å². The van der Waals surface area contributed by atoms with Crippen molar-refractivity contribution in [2.45, 2.75) is 12.1 Å². The van der Waals surface area contributed by atoms with Crippen LogP contribution in [0.1, 0.15) is 6.42 Å². The Hall–Kier alpha value is -0.780. The lowest BCUT2D eigenvalue weighted by atomic mass is 10.2. The fourth-order valence-electron chi connectivity index (χ4n) is 0.279. The van der Waals surface area contributed by atoms with Crippen LogP contribution in [-0.4, -0.2) is 10.8 Å². The molecule has 0 saturated carbocycles. The van der Waals surface area contributed by atoms with Crippen molar-refractivity contribution in [3.8, 4) is 12.3 Å². The van der Waals surface area contributed by atoms with Gasteiger partial charge in [0.15, 0.2) is 5.72 Å². The minimum Gasteiger partial charge on any atom is -0.365 e. The third-order valence-corrected chi connectivity index (χ3v) is 0.705. The second-order valence-corrected chi connectivity index (χ2v) is 1.56. The predicted molar refractivity (Wildman–Crippen MR) is 32.8 cm³/mol. The third-order valence-electron chi connectivity index (χ3n) is 0.705. The van der Waals surface area contributed by atoms with Crippen LogP contribution in [0.3, 0.4) is 0 Å². The summed E-state index contributed by atoms with van der Waals surface area (Å²) in [6.45, 7) is 3.36. The van der Waals surface area contributed by atoms with Crippen LogP contribution in [0.2, 0.25) is 0 Å². The maximum Gasteiger partial charge on any atom is 0.180 e. The molecule has 0 fully saturated rings. The van der Waals surface area contributed by atoms with Crippen molar-refractivity contribution in [1.29, 1.82) is 0 Å². The van der Waals surface area contributed by atoms with Gasteiger partial charge in [0.25, 0.3) is 0 Å². The lowest BCUT2D eigenvalue weighted by Gasteiger charge is -2.11. The summed E-state index contributed by atoms with van der Waals surface area (Å²) in [4.78, 5) is 0. The van der Waals surface area contributed by atoms with E-state index in [-0.39, 0.29) is 6.42 Å². The first-order valence-electron chi connectivity index (χ1n) is 2.22. The van der Waals surface area contributed by atoms with Gasteiger partial charge in [-0.2, -0.15) is 0 Å². The van der Waals surface area contributed by atoms with Gasteiger partial charge in [-0.1, -0.05) is 12.0 Å². The fraction of sp³-hybridized carbons (Fsp3) is 0.333. The van der Waals surface area contributed by atoms with Crippen molar-refractivity contribution in [2.24, 2.45) is 5.73 Å². The Balaban J connectivity index is 3.76. The zero-order valence-corrected chi connectivity index (χ0v) is 4.59. The highest BCUT2D eigenvalue weighted by Crippen LogP contribution is 1.98. The molecule has 1 unspecified atom stereocenters. The first-order valence-corrected chi connectivity index (χ1v) is 2.22. The number of hydrogen-bond donors (Lipinski definition) is 2. The predicted octanol–water partition coefficient (Wildman–Crippen LogP) is -0.157. The van der Waals surface area contributed by atoms with E-state index in [1.165, 1.54) is 6.08 Å². The van der Waals surface area contributed by atoms with E-state index in [9.17, 15) is 0 Å². The van der Waals surface area contributed by atoms with E-state index in [1.54, 1.807) is 0 Å². The van der Waals surface area contributed by atoms with E-state index in [1.807, 2.05) is 5.92 Å². The molecule has 0 rings (SSSR count). The molecule has 1 atom stereocenters. The molecule has 0 aliphatic carbocycles. The van der Waals surface area contributed by atoms with Crippen LogP contribution >= 0.6 is 0 Å². The molecule has 0 spiro atoms. The maximum atomic E-state index is 8.79. The molecule has 0 bridgehead atoms. The second-order valence-electron chi connectivity index (χ2n) is 1.56. The Morgan fingerprint density at radius 1 is 2.00 bits per heavy atom. The average molecular weight is 111 g/mol. The summed E-state index contributed by atoms with van der Waals surface area (Å²) < 4.78 is 0. The van der Waals surface area contributed by atoms with Crippen LogP contribution in [0, 0.1) is 12.3 Å². The van der Waals surface area contributed by atoms with Crippen molar-refractivity contribution < 1.29 is 5.11 Å². The molecule has 0 amide bonds. The van der Waals surface area contributed by atoms with Gasteiger partial charge in [-0.05, 0) is 0 Å². The van der Waals surface area contributed by atoms with Gasteiger partial charge in [-0.3, -0.25) is 5.73 Å². The first kappa shape index (κ1) is 7.22. The van der Waals surface area contributed by atoms with Crippen LogP contribution in [0.15, 0.2) is 12.7 Å². The summed E-state index contributed by atoms with van der Waals surface area (Å²) in [5, 5.41) is 8.79. The number of aliphatic hydroxyl groups is 1. The number of terminal acetylenes is 1. The summed E-state index contributed by atoms with van der Waals surface area (Å²) in [6, 6.07) is 0. The molecule has 8 heavy (non-hydrogen) atoms. The van der Waals surface area contributed by atoms with E-state index in [0.717, 1.165) is 0 Å². The van der Waals surface area contributed by atoms with E-state index >= 15 is 0 Å².